The van der Waals surface area contributed by atoms with E-state index in [2.05, 4.69) is 19.8 Å². The summed E-state index contributed by atoms with van der Waals surface area (Å²) in [6.07, 6.45) is 1.45. The number of nitrogen functional groups attached to an aromatic ring is 1. The Morgan fingerprint density at radius 3 is 2.38 bits per heavy atom. The first-order valence-corrected chi connectivity index (χ1v) is 9.69. The van der Waals surface area contributed by atoms with Gasteiger partial charge < -0.3 is 20.3 Å². The first kappa shape index (κ1) is 19.3. The Balaban J connectivity index is 1.47. The number of anilines is 3. The van der Waals surface area contributed by atoms with Gasteiger partial charge >= 0.3 is 0 Å². The summed E-state index contributed by atoms with van der Waals surface area (Å²) in [6.45, 7) is 4.93. The summed E-state index contributed by atoms with van der Waals surface area (Å²) in [5, 5.41) is 0.674. The highest BCUT2D eigenvalue weighted by Crippen LogP contribution is 2.33. The molecule has 0 bridgehead atoms. The summed E-state index contributed by atoms with van der Waals surface area (Å²) in [7, 11) is 0. The molecule has 3 aromatic rings. The third-order valence-corrected chi connectivity index (χ3v) is 5.37. The maximum Gasteiger partial charge on any atom is 0.248 e. The largest absolute Gasteiger partial charge is 0.437 e. The lowest BCUT2D eigenvalue weighted by molar-refractivity contribution is 0.463. The van der Waals surface area contributed by atoms with Crippen LogP contribution in [0.15, 0.2) is 48.8 Å². The van der Waals surface area contributed by atoms with Crippen LogP contribution in [0, 0.1) is 12.7 Å². The molecular weight excluding hydrogens is 393 g/mol. The van der Waals surface area contributed by atoms with E-state index in [9.17, 15) is 4.39 Å². The summed E-state index contributed by atoms with van der Waals surface area (Å²) < 4.78 is 19.0. The number of nitrogens with two attached hydrogens (primary N) is 1. The number of hydrogen-bond donors (Lipinski definition) is 1. The lowest BCUT2D eigenvalue weighted by Gasteiger charge is -2.37. The highest BCUT2D eigenvalue weighted by Gasteiger charge is 2.22. The van der Waals surface area contributed by atoms with Gasteiger partial charge in [0.2, 0.25) is 5.88 Å². The smallest absolute Gasteiger partial charge is 0.248 e. The molecule has 1 aromatic heterocycles. The van der Waals surface area contributed by atoms with Crippen molar-refractivity contribution in [2.75, 3.05) is 41.7 Å². The minimum Gasteiger partial charge on any atom is -0.437 e. The first-order valence-electron chi connectivity index (χ1n) is 9.31. The van der Waals surface area contributed by atoms with Gasteiger partial charge in [-0.2, -0.15) is 4.98 Å². The molecule has 0 atom stereocenters. The molecule has 1 aliphatic rings. The van der Waals surface area contributed by atoms with Gasteiger partial charge in [0.25, 0.3) is 0 Å². The fourth-order valence-corrected chi connectivity index (χ4v) is 3.44. The second-order valence-corrected chi connectivity index (χ2v) is 7.29. The second-order valence-electron chi connectivity index (χ2n) is 6.88. The molecule has 0 radical (unpaired) electrons. The van der Waals surface area contributed by atoms with Crippen LogP contribution in [0.3, 0.4) is 0 Å². The predicted octanol–water partition coefficient (Wildman–Crippen LogP) is 4.28. The SMILES string of the molecule is Cc1cc(Oc2ncnc(N3CCN(c4ccc(F)cc4)CC3)c2N)ccc1Cl. The zero-order valence-corrected chi connectivity index (χ0v) is 16.7. The zero-order chi connectivity index (χ0) is 20.4. The quantitative estimate of drug-likeness (QED) is 0.688. The molecule has 1 saturated heterocycles. The standard InChI is InChI=1S/C21H21ClFN5O/c1-14-12-17(6-7-18(14)22)29-21-19(24)20(25-13-26-21)28-10-8-27(9-11-28)16-4-2-15(23)3-5-16/h2-7,12-13H,8-11,24H2,1H3. The van der Waals surface area contributed by atoms with Crippen molar-refractivity contribution in [2.24, 2.45) is 0 Å². The van der Waals surface area contributed by atoms with E-state index in [4.69, 9.17) is 22.1 Å². The Morgan fingerprint density at radius 1 is 1.00 bits per heavy atom. The average molecular weight is 414 g/mol. The van der Waals surface area contributed by atoms with Crippen molar-refractivity contribution in [3.8, 4) is 11.6 Å². The van der Waals surface area contributed by atoms with Gasteiger partial charge in [0, 0.05) is 36.9 Å². The summed E-state index contributed by atoms with van der Waals surface area (Å²) in [4.78, 5) is 12.9. The van der Waals surface area contributed by atoms with Gasteiger partial charge in [-0.05, 0) is 55.0 Å². The van der Waals surface area contributed by atoms with Crippen LogP contribution in [0.2, 0.25) is 5.02 Å². The Kier molecular flexibility index (Phi) is 5.40. The molecule has 6 nitrogen and oxygen atoms in total. The lowest BCUT2D eigenvalue weighted by atomic mass is 10.2. The number of aryl methyl sites for hydroxylation is 1. The molecular formula is C21H21ClFN5O. The van der Waals surface area contributed by atoms with Crippen LogP contribution in [0.1, 0.15) is 5.56 Å². The van der Waals surface area contributed by atoms with Gasteiger partial charge in [0.1, 0.15) is 23.6 Å². The molecule has 0 aliphatic carbocycles. The van der Waals surface area contributed by atoms with E-state index in [1.807, 2.05) is 13.0 Å². The van der Waals surface area contributed by atoms with E-state index >= 15 is 0 Å². The van der Waals surface area contributed by atoms with Crippen molar-refractivity contribution >= 4 is 28.8 Å². The second kappa shape index (κ2) is 8.13. The lowest BCUT2D eigenvalue weighted by Crippen LogP contribution is -2.47. The van der Waals surface area contributed by atoms with Gasteiger partial charge in [-0.1, -0.05) is 11.6 Å². The number of aromatic nitrogens is 2. The number of benzene rings is 2. The predicted molar refractivity (Wildman–Crippen MR) is 114 cm³/mol. The number of ether oxygens (including phenoxy) is 1. The van der Waals surface area contributed by atoms with Crippen LogP contribution < -0.4 is 20.3 Å². The van der Waals surface area contributed by atoms with Crippen LogP contribution >= 0.6 is 11.6 Å². The molecule has 2 N–H and O–H groups in total. The van der Waals surface area contributed by atoms with Crippen LogP contribution in [-0.4, -0.2) is 36.1 Å². The van der Waals surface area contributed by atoms with Gasteiger partial charge in [0.05, 0.1) is 0 Å². The Morgan fingerprint density at radius 2 is 1.69 bits per heavy atom. The number of piperazine rings is 1. The average Bonchev–Trinajstić information content (AvgIpc) is 2.73. The number of hydrogen-bond acceptors (Lipinski definition) is 6. The van der Waals surface area contributed by atoms with Crippen LogP contribution in [-0.2, 0) is 0 Å². The van der Waals surface area contributed by atoms with E-state index in [-0.39, 0.29) is 5.82 Å². The molecule has 0 saturated carbocycles. The molecule has 1 fully saturated rings. The van der Waals surface area contributed by atoms with Gasteiger partial charge in [-0.3, -0.25) is 0 Å². The maximum atomic E-state index is 13.1. The monoisotopic (exact) mass is 413 g/mol. The number of nitrogens with zero attached hydrogens (tertiary/aromatic N) is 4. The summed E-state index contributed by atoms with van der Waals surface area (Å²) in [5.74, 6) is 1.35. The molecule has 2 aromatic carbocycles. The van der Waals surface area contributed by atoms with Crippen molar-refractivity contribution in [3.05, 3.63) is 65.2 Å². The van der Waals surface area contributed by atoms with Crippen LogP contribution in [0.25, 0.3) is 0 Å². The minimum absolute atomic E-state index is 0.232. The first-order chi connectivity index (χ1) is 14.0. The van der Waals surface area contributed by atoms with Crippen LogP contribution in [0.5, 0.6) is 11.6 Å². The topological polar surface area (TPSA) is 67.5 Å². The molecule has 4 rings (SSSR count). The third-order valence-electron chi connectivity index (χ3n) is 4.94. The van der Waals surface area contributed by atoms with Crippen molar-refractivity contribution in [2.45, 2.75) is 6.92 Å². The minimum atomic E-state index is -0.232. The molecule has 150 valence electrons. The summed E-state index contributed by atoms with van der Waals surface area (Å²) >= 11 is 6.07. The van der Waals surface area contributed by atoms with E-state index in [0.717, 1.165) is 37.4 Å². The highest BCUT2D eigenvalue weighted by molar-refractivity contribution is 6.31. The molecule has 0 spiro atoms. The maximum absolute atomic E-state index is 13.1. The van der Waals surface area contributed by atoms with E-state index in [0.29, 0.717) is 28.2 Å². The Labute approximate surface area is 173 Å². The van der Waals surface area contributed by atoms with Crippen molar-refractivity contribution in [1.82, 2.24) is 9.97 Å². The molecule has 29 heavy (non-hydrogen) atoms. The fraction of sp³-hybridized carbons (Fsp3) is 0.238. The third kappa shape index (κ3) is 4.19. The van der Waals surface area contributed by atoms with Crippen LogP contribution in [0.4, 0.5) is 21.6 Å². The molecule has 2 heterocycles. The number of halogens is 2. The fourth-order valence-electron chi connectivity index (χ4n) is 3.32. The normalized spacial score (nSPS) is 14.2. The molecule has 8 heteroatoms. The van der Waals surface area contributed by atoms with Crippen molar-refractivity contribution in [1.29, 1.82) is 0 Å². The van der Waals surface area contributed by atoms with Gasteiger partial charge in [-0.25, -0.2) is 9.37 Å². The number of rotatable bonds is 4. The Hall–Kier alpha value is -3.06. The Bertz CT molecular complexity index is 1010. The van der Waals surface area contributed by atoms with Crippen molar-refractivity contribution in [3.63, 3.8) is 0 Å². The van der Waals surface area contributed by atoms with Crippen molar-refractivity contribution < 1.29 is 9.13 Å². The summed E-state index contributed by atoms with van der Waals surface area (Å²) in [5.41, 5.74) is 8.63. The van der Waals surface area contributed by atoms with E-state index in [1.165, 1.54) is 18.5 Å². The zero-order valence-electron chi connectivity index (χ0n) is 16.0. The van der Waals surface area contributed by atoms with Gasteiger partial charge in [-0.15, -0.1) is 0 Å². The van der Waals surface area contributed by atoms with Gasteiger partial charge in [0.15, 0.2) is 5.82 Å². The summed E-state index contributed by atoms with van der Waals surface area (Å²) in [6, 6.07) is 11.9. The van der Waals surface area contributed by atoms with E-state index < -0.39 is 0 Å². The molecule has 0 amide bonds. The highest BCUT2D eigenvalue weighted by atomic mass is 35.5. The molecule has 1 aliphatic heterocycles. The molecule has 0 unspecified atom stereocenters. The van der Waals surface area contributed by atoms with E-state index in [1.54, 1.807) is 24.3 Å².